The number of nitrogen functional groups attached to an aromatic ring is 1. The monoisotopic (exact) mass is 413 g/mol. The fourth-order valence-electron chi connectivity index (χ4n) is 3.02. The highest BCUT2D eigenvalue weighted by atomic mass is 19.4. The lowest BCUT2D eigenvalue weighted by atomic mass is 9.97. The molecule has 0 unspecified atom stereocenters. The number of para-hydroxylation sites is 1. The van der Waals surface area contributed by atoms with Crippen LogP contribution in [0.25, 0.3) is 0 Å². The van der Waals surface area contributed by atoms with Crippen molar-refractivity contribution in [2.75, 3.05) is 11.1 Å². The Kier molecular flexibility index (Phi) is 5.86. The number of benzene rings is 2. The molecule has 1 amide bonds. The first-order chi connectivity index (χ1) is 14.2. The van der Waals surface area contributed by atoms with Crippen LogP contribution >= 0.6 is 0 Å². The number of nitrogens with zero attached hydrogens (tertiary/aromatic N) is 1. The molecule has 0 radical (unpaired) electrons. The fourth-order valence-corrected chi connectivity index (χ4v) is 3.02. The van der Waals surface area contributed by atoms with E-state index in [1.165, 1.54) is 37.4 Å². The van der Waals surface area contributed by atoms with Gasteiger partial charge in [-0.05, 0) is 47.5 Å². The van der Waals surface area contributed by atoms with Crippen LogP contribution in [0.3, 0.4) is 0 Å². The summed E-state index contributed by atoms with van der Waals surface area (Å²) in [5, 5.41) is 2.34. The van der Waals surface area contributed by atoms with Crippen LogP contribution in [-0.4, -0.2) is 16.7 Å². The quantitative estimate of drug-likeness (QED) is 0.468. The molecule has 154 valence electrons. The minimum atomic E-state index is -4.61. The molecule has 0 bridgehead atoms. The number of anilines is 2. The third-order valence-electron chi connectivity index (χ3n) is 4.50. The first-order valence-corrected chi connectivity index (χ1v) is 8.97. The SMILES string of the molecule is CC(=O)c1cc(Cc2c(N)cccc2C(=O)Nc2ccccc2C(F)(F)F)ccn1. The smallest absolute Gasteiger partial charge is 0.398 e. The first kappa shape index (κ1) is 21.0. The molecule has 1 heterocycles. The minimum absolute atomic E-state index is 0.146. The lowest BCUT2D eigenvalue weighted by Gasteiger charge is -2.16. The van der Waals surface area contributed by atoms with Gasteiger partial charge >= 0.3 is 6.18 Å². The molecule has 3 N–H and O–H groups in total. The van der Waals surface area contributed by atoms with Crippen LogP contribution in [0.4, 0.5) is 24.5 Å². The number of alkyl halides is 3. The molecule has 0 aliphatic carbocycles. The zero-order chi connectivity index (χ0) is 21.9. The molecule has 0 aliphatic heterocycles. The predicted molar refractivity (Wildman–Crippen MR) is 107 cm³/mol. The summed E-state index contributed by atoms with van der Waals surface area (Å²) in [5.74, 6) is -0.922. The summed E-state index contributed by atoms with van der Waals surface area (Å²) in [4.78, 5) is 28.4. The van der Waals surface area contributed by atoms with Crippen LogP contribution in [-0.2, 0) is 12.6 Å². The van der Waals surface area contributed by atoms with Crippen molar-refractivity contribution in [2.24, 2.45) is 0 Å². The van der Waals surface area contributed by atoms with Crippen molar-refractivity contribution >= 4 is 23.1 Å². The Bertz CT molecular complexity index is 1110. The fraction of sp³-hybridized carbons (Fsp3) is 0.136. The lowest BCUT2D eigenvalue weighted by Crippen LogP contribution is -2.18. The number of rotatable bonds is 5. The number of hydrogen-bond acceptors (Lipinski definition) is 4. The van der Waals surface area contributed by atoms with Gasteiger partial charge in [0, 0.05) is 30.8 Å². The third-order valence-corrected chi connectivity index (χ3v) is 4.50. The number of hydrogen-bond donors (Lipinski definition) is 2. The van der Waals surface area contributed by atoms with Gasteiger partial charge in [0.25, 0.3) is 5.91 Å². The van der Waals surface area contributed by atoms with Crippen molar-refractivity contribution in [2.45, 2.75) is 19.5 Å². The number of Topliss-reactive ketones (excluding diaryl/α,β-unsaturated/α-hetero) is 1. The van der Waals surface area contributed by atoms with Crippen LogP contribution in [0.1, 0.15) is 44.5 Å². The van der Waals surface area contributed by atoms with E-state index in [0.29, 0.717) is 16.8 Å². The van der Waals surface area contributed by atoms with Gasteiger partial charge in [-0.15, -0.1) is 0 Å². The standard InChI is InChI=1S/C22H18F3N3O2/c1-13(29)20-12-14(9-10-27-20)11-16-15(5-4-7-18(16)26)21(30)28-19-8-3-2-6-17(19)22(23,24)25/h2-10,12H,11,26H2,1H3,(H,28,30). The van der Waals surface area contributed by atoms with Gasteiger partial charge in [-0.3, -0.25) is 14.6 Å². The van der Waals surface area contributed by atoms with E-state index >= 15 is 0 Å². The van der Waals surface area contributed by atoms with E-state index < -0.39 is 17.6 Å². The highest BCUT2D eigenvalue weighted by Gasteiger charge is 2.33. The average Bonchev–Trinajstić information content (AvgIpc) is 2.69. The number of carbonyl (C=O) groups excluding carboxylic acids is 2. The molecule has 3 rings (SSSR count). The van der Waals surface area contributed by atoms with Crippen LogP contribution in [0.15, 0.2) is 60.8 Å². The molecule has 5 nitrogen and oxygen atoms in total. The highest BCUT2D eigenvalue weighted by molar-refractivity contribution is 6.06. The molecule has 0 saturated carbocycles. The van der Waals surface area contributed by atoms with Gasteiger partial charge in [-0.25, -0.2) is 0 Å². The Morgan fingerprint density at radius 2 is 1.80 bits per heavy atom. The number of halogens is 3. The highest BCUT2D eigenvalue weighted by Crippen LogP contribution is 2.35. The summed E-state index contributed by atoms with van der Waals surface area (Å²) in [6.45, 7) is 1.39. The Morgan fingerprint density at radius 1 is 1.07 bits per heavy atom. The first-order valence-electron chi connectivity index (χ1n) is 8.97. The second kappa shape index (κ2) is 8.36. The summed E-state index contributed by atoms with van der Waals surface area (Å²) >= 11 is 0. The number of nitrogens with one attached hydrogen (secondary N) is 1. The van der Waals surface area contributed by atoms with Crippen molar-refractivity contribution in [3.63, 3.8) is 0 Å². The van der Waals surface area contributed by atoms with Gasteiger partial charge < -0.3 is 11.1 Å². The Hall–Kier alpha value is -3.68. The second-order valence-electron chi connectivity index (χ2n) is 6.65. The van der Waals surface area contributed by atoms with Gasteiger partial charge in [0.05, 0.1) is 11.3 Å². The summed E-state index contributed by atoms with van der Waals surface area (Å²) < 4.78 is 39.7. The van der Waals surface area contributed by atoms with E-state index in [1.54, 1.807) is 24.3 Å². The molecule has 30 heavy (non-hydrogen) atoms. The summed E-state index contributed by atoms with van der Waals surface area (Å²) in [6, 6.07) is 12.7. The Morgan fingerprint density at radius 3 is 2.50 bits per heavy atom. The zero-order valence-corrected chi connectivity index (χ0v) is 16.0. The summed E-state index contributed by atoms with van der Waals surface area (Å²) in [6.07, 6.45) is -2.92. The maximum absolute atomic E-state index is 13.2. The third kappa shape index (κ3) is 4.65. The largest absolute Gasteiger partial charge is 0.418 e. The van der Waals surface area contributed by atoms with Crippen molar-refractivity contribution in [3.05, 3.63) is 88.7 Å². The number of carbonyl (C=O) groups is 2. The molecule has 0 spiro atoms. The molecule has 8 heteroatoms. The summed E-state index contributed by atoms with van der Waals surface area (Å²) in [7, 11) is 0. The average molecular weight is 413 g/mol. The number of nitrogens with two attached hydrogens (primary N) is 1. The maximum atomic E-state index is 13.2. The van der Waals surface area contributed by atoms with Gasteiger partial charge in [0.15, 0.2) is 5.78 Å². The van der Waals surface area contributed by atoms with Gasteiger partial charge in [0.2, 0.25) is 0 Å². The maximum Gasteiger partial charge on any atom is 0.418 e. The van der Waals surface area contributed by atoms with Gasteiger partial charge in [0.1, 0.15) is 5.69 Å². The Labute approximate surface area is 170 Å². The second-order valence-corrected chi connectivity index (χ2v) is 6.65. The van der Waals surface area contributed by atoms with E-state index in [0.717, 1.165) is 6.07 Å². The topological polar surface area (TPSA) is 85.1 Å². The van der Waals surface area contributed by atoms with Crippen LogP contribution in [0.5, 0.6) is 0 Å². The zero-order valence-electron chi connectivity index (χ0n) is 16.0. The van der Waals surface area contributed by atoms with Crippen molar-refractivity contribution in [1.82, 2.24) is 4.98 Å². The predicted octanol–water partition coefficient (Wildman–Crippen LogP) is 4.73. The number of ketones is 1. The van der Waals surface area contributed by atoms with Crippen LogP contribution < -0.4 is 11.1 Å². The van der Waals surface area contributed by atoms with E-state index in [1.807, 2.05) is 0 Å². The number of amides is 1. The van der Waals surface area contributed by atoms with E-state index in [-0.39, 0.29) is 29.1 Å². The molecule has 3 aromatic rings. The molecular weight excluding hydrogens is 395 g/mol. The Balaban J connectivity index is 1.95. The molecule has 0 saturated heterocycles. The number of aromatic nitrogens is 1. The van der Waals surface area contributed by atoms with E-state index in [2.05, 4.69) is 10.3 Å². The minimum Gasteiger partial charge on any atom is -0.398 e. The lowest BCUT2D eigenvalue weighted by molar-refractivity contribution is -0.136. The molecule has 2 aromatic carbocycles. The van der Waals surface area contributed by atoms with E-state index in [4.69, 9.17) is 5.73 Å². The van der Waals surface area contributed by atoms with Crippen molar-refractivity contribution in [1.29, 1.82) is 0 Å². The number of pyridine rings is 1. The van der Waals surface area contributed by atoms with Crippen molar-refractivity contribution < 1.29 is 22.8 Å². The van der Waals surface area contributed by atoms with Gasteiger partial charge in [-0.2, -0.15) is 13.2 Å². The van der Waals surface area contributed by atoms with Crippen molar-refractivity contribution in [3.8, 4) is 0 Å². The van der Waals surface area contributed by atoms with E-state index in [9.17, 15) is 22.8 Å². The van der Waals surface area contributed by atoms with Crippen LogP contribution in [0.2, 0.25) is 0 Å². The molecule has 0 aliphatic rings. The molecular formula is C22H18F3N3O2. The normalized spacial score (nSPS) is 11.2. The molecule has 0 atom stereocenters. The van der Waals surface area contributed by atoms with Crippen LogP contribution in [0, 0.1) is 0 Å². The molecule has 1 aromatic heterocycles. The van der Waals surface area contributed by atoms with Gasteiger partial charge in [-0.1, -0.05) is 18.2 Å². The summed E-state index contributed by atoms with van der Waals surface area (Å²) in [5.41, 5.74) is 6.64. The molecule has 0 fully saturated rings.